The van der Waals surface area contributed by atoms with E-state index in [1.54, 1.807) is 12.1 Å². The summed E-state index contributed by atoms with van der Waals surface area (Å²) < 4.78 is 13.2. The normalized spacial score (nSPS) is 20.8. The van der Waals surface area contributed by atoms with Crippen LogP contribution in [0.15, 0.2) is 18.2 Å². The Morgan fingerprint density at radius 1 is 1.53 bits per heavy atom. The summed E-state index contributed by atoms with van der Waals surface area (Å²) in [5.74, 6) is -0.217. The molecule has 17 heavy (non-hydrogen) atoms. The highest BCUT2D eigenvalue weighted by Gasteiger charge is 2.34. The maximum absolute atomic E-state index is 13.2. The van der Waals surface area contributed by atoms with Gasteiger partial charge in [-0.15, -0.1) is 0 Å². The molecular weight excluding hydrogens is 219 g/mol. The zero-order valence-electron chi connectivity index (χ0n) is 10.2. The number of fused-ring (bicyclic) bond motifs is 1. The molecule has 2 unspecified atom stereocenters. The van der Waals surface area contributed by atoms with E-state index in [1.807, 2.05) is 0 Å². The summed E-state index contributed by atoms with van der Waals surface area (Å²) in [5, 5.41) is 9.20. The molecule has 1 aromatic rings. The number of rotatable bonds is 3. The van der Waals surface area contributed by atoms with E-state index in [0.717, 1.165) is 11.3 Å². The van der Waals surface area contributed by atoms with Crippen LogP contribution in [0.1, 0.15) is 19.4 Å². The van der Waals surface area contributed by atoms with Crippen molar-refractivity contribution >= 4 is 5.69 Å². The van der Waals surface area contributed by atoms with Crippen molar-refractivity contribution in [2.75, 3.05) is 11.5 Å². The second-order valence-electron chi connectivity index (χ2n) is 4.89. The fourth-order valence-corrected chi connectivity index (χ4v) is 2.61. The molecule has 3 N–H and O–H groups in total. The van der Waals surface area contributed by atoms with Crippen LogP contribution in [0.25, 0.3) is 0 Å². The molecule has 0 aromatic heterocycles. The Morgan fingerprint density at radius 2 is 2.24 bits per heavy atom. The average molecular weight is 238 g/mol. The Morgan fingerprint density at radius 3 is 2.82 bits per heavy atom. The summed E-state index contributed by atoms with van der Waals surface area (Å²) in [5.41, 5.74) is 7.96. The monoisotopic (exact) mass is 238 g/mol. The van der Waals surface area contributed by atoms with Gasteiger partial charge in [-0.1, -0.05) is 0 Å². The number of aliphatic hydroxyl groups excluding tert-OH is 1. The second-order valence-corrected chi connectivity index (χ2v) is 4.89. The molecule has 1 aromatic carbocycles. The van der Waals surface area contributed by atoms with Gasteiger partial charge in [0.05, 0.1) is 12.6 Å². The van der Waals surface area contributed by atoms with Gasteiger partial charge in [0.1, 0.15) is 5.82 Å². The predicted octanol–water partition coefficient (Wildman–Crippen LogP) is 1.28. The van der Waals surface area contributed by atoms with Crippen molar-refractivity contribution < 1.29 is 9.50 Å². The molecule has 1 aliphatic rings. The smallest absolute Gasteiger partial charge is 0.123 e. The molecular formula is C13H19FN2O. The van der Waals surface area contributed by atoms with Crippen molar-refractivity contribution in [1.82, 2.24) is 0 Å². The van der Waals surface area contributed by atoms with Gasteiger partial charge in [0.15, 0.2) is 0 Å². The summed E-state index contributed by atoms with van der Waals surface area (Å²) in [6, 6.07) is 4.87. The molecule has 0 fully saturated rings. The molecule has 0 aliphatic carbocycles. The number of halogens is 1. The quantitative estimate of drug-likeness (QED) is 0.834. The highest BCUT2D eigenvalue weighted by molar-refractivity contribution is 5.60. The van der Waals surface area contributed by atoms with Crippen LogP contribution in [0.4, 0.5) is 10.1 Å². The zero-order chi connectivity index (χ0) is 12.6. The molecule has 0 amide bonds. The van der Waals surface area contributed by atoms with Crippen molar-refractivity contribution in [3.8, 4) is 0 Å². The van der Waals surface area contributed by atoms with Crippen molar-refractivity contribution in [1.29, 1.82) is 0 Å². The molecule has 94 valence electrons. The highest BCUT2D eigenvalue weighted by Crippen LogP contribution is 2.35. The van der Waals surface area contributed by atoms with Gasteiger partial charge in [0.25, 0.3) is 0 Å². The van der Waals surface area contributed by atoms with E-state index in [4.69, 9.17) is 5.73 Å². The SMILES string of the molecule is CC(C)N1c2ccc(F)cc2CC1C(N)CO. The second kappa shape index (κ2) is 4.63. The van der Waals surface area contributed by atoms with E-state index < -0.39 is 0 Å². The predicted molar refractivity (Wildman–Crippen MR) is 66.6 cm³/mol. The molecule has 0 radical (unpaired) electrons. The van der Waals surface area contributed by atoms with Gasteiger partial charge in [0.2, 0.25) is 0 Å². The minimum atomic E-state index is -0.298. The van der Waals surface area contributed by atoms with Crippen molar-refractivity contribution in [2.45, 2.75) is 38.4 Å². The van der Waals surface area contributed by atoms with Crippen LogP contribution in [-0.2, 0) is 6.42 Å². The van der Waals surface area contributed by atoms with Crippen LogP contribution in [-0.4, -0.2) is 29.8 Å². The van der Waals surface area contributed by atoms with Gasteiger partial charge in [0, 0.05) is 17.8 Å². The summed E-state index contributed by atoms with van der Waals surface area (Å²) in [6.45, 7) is 4.11. The fraction of sp³-hybridized carbons (Fsp3) is 0.538. The molecule has 3 nitrogen and oxygen atoms in total. The lowest BCUT2D eigenvalue weighted by Crippen LogP contribution is -2.50. The van der Waals surface area contributed by atoms with E-state index in [0.29, 0.717) is 6.42 Å². The van der Waals surface area contributed by atoms with Crippen LogP contribution >= 0.6 is 0 Å². The third-order valence-electron chi connectivity index (χ3n) is 3.37. The Hall–Kier alpha value is -1.13. The number of hydrogen-bond acceptors (Lipinski definition) is 3. The lowest BCUT2D eigenvalue weighted by atomic mass is 10.0. The molecule has 2 atom stereocenters. The van der Waals surface area contributed by atoms with Crippen LogP contribution in [0.3, 0.4) is 0 Å². The molecule has 0 saturated carbocycles. The maximum Gasteiger partial charge on any atom is 0.123 e. The molecule has 1 heterocycles. The Balaban J connectivity index is 2.37. The Bertz CT molecular complexity index is 408. The minimum Gasteiger partial charge on any atom is -0.395 e. The number of nitrogens with two attached hydrogens (primary N) is 1. The largest absolute Gasteiger partial charge is 0.395 e. The summed E-state index contributed by atoms with van der Waals surface area (Å²) in [4.78, 5) is 2.18. The van der Waals surface area contributed by atoms with Gasteiger partial charge in [-0.2, -0.15) is 0 Å². The fourth-order valence-electron chi connectivity index (χ4n) is 2.61. The lowest BCUT2D eigenvalue weighted by Gasteiger charge is -2.34. The van der Waals surface area contributed by atoms with Gasteiger partial charge in [-0.3, -0.25) is 0 Å². The molecule has 0 spiro atoms. The number of aliphatic hydroxyl groups is 1. The van der Waals surface area contributed by atoms with Crippen molar-refractivity contribution in [3.05, 3.63) is 29.6 Å². The molecule has 0 saturated heterocycles. The molecule has 2 rings (SSSR count). The minimum absolute atomic E-state index is 0.0512. The molecule has 1 aliphatic heterocycles. The zero-order valence-corrected chi connectivity index (χ0v) is 10.2. The first kappa shape index (κ1) is 12.3. The summed E-state index contributed by atoms with van der Waals surface area (Å²) in [7, 11) is 0. The highest BCUT2D eigenvalue weighted by atomic mass is 19.1. The molecule has 0 bridgehead atoms. The number of benzene rings is 1. The van der Waals surface area contributed by atoms with E-state index in [-0.39, 0.29) is 30.5 Å². The van der Waals surface area contributed by atoms with E-state index >= 15 is 0 Å². The third-order valence-corrected chi connectivity index (χ3v) is 3.37. The third kappa shape index (κ3) is 2.15. The van der Waals surface area contributed by atoms with Crippen LogP contribution < -0.4 is 10.6 Å². The van der Waals surface area contributed by atoms with Gasteiger partial charge < -0.3 is 15.7 Å². The molecule has 4 heteroatoms. The number of nitrogens with zero attached hydrogens (tertiary/aromatic N) is 1. The van der Waals surface area contributed by atoms with Crippen LogP contribution in [0, 0.1) is 5.82 Å². The van der Waals surface area contributed by atoms with Gasteiger partial charge in [-0.25, -0.2) is 4.39 Å². The first-order valence-corrected chi connectivity index (χ1v) is 5.97. The van der Waals surface area contributed by atoms with Crippen LogP contribution in [0.5, 0.6) is 0 Å². The maximum atomic E-state index is 13.2. The van der Waals surface area contributed by atoms with E-state index in [9.17, 15) is 9.50 Å². The topological polar surface area (TPSA) is 49.5 Å². The van der Waals surface area contributed by atoms with Gasteiger partial charge in [-0.05, 0) is 44.0 Å². The first-order chi connectivity index (χ1) is 8.04. The lowest BCUT2D eigenvalue weighted by molar-refractivity contribution is 0.245. The van der Waals surface area contributed by atoms with Crippen LogP contribution in [0.2, 0.25) is 0 Å². The Labute approximate surface area is 101 Å². The number of anilines is 1. The van der Waals surface area contributed by atoms with E-state index in [2.05, 4.69) is 18.7 Å². The first-order valence-electron chi connectivity index (χ1n) is 5.97. The van der Waals surface area contributed by atoms with Gasteiger partial charge >= 0.3 is 0 Å². The standard InChI is InChI=1S/C13H19FN2O/c1-8(2)16-12-4-3-10(14)5-9(12)6-13(16)11(15)7-17/h3-5,8,11,13,17H,6-7,15H2,1-2H3. The van der Waals surface area contributed by atoms with E-state index in [1.165, 1.54) is 6.07 Å². The summed E-state index contributed by atoms with van der Waals surface area (Å²) in [6.07, 6.45) is 0.701. The number of hydrogen-bond donors (Lipinski definition) is 2. The van der Waals surface area contributed by atoms with Crippen molar-refractivity contribution in [3.63, 3.8) is 0 Å². The summed E-state index contributed by atoms with van der Waals surface area (Å²) >= 11 is 0. The van der Waals surface area contributed by atoms with Crippen molar-refractivity contribution in [2.24, 2.45) is 5.73 Å². The Kier molecular flexibility index (Phi) is 3.35. The average Bonchev–Trinajstić information content (AvgIpc) is 2.66.